The smallest absolute Gasteiger partial charge is 0.203 e. The van der Waals surface area contributed by atoms with Gasteiger partial charge in [0.2, 0.25) is 5.75 Å². The number of hydrogen-bond acceptors (Lipinski definition) is 6. The number of nitrogens with two attached hydrogens (primary N) is 1. The number of aliphatic imine (C=N–C) groups is 1. The molecule has 21 heavy (non-hydrogen) atoms. The summed E-state index contributed by atoms with van der Waals surface area (Å²) in [5.74, 6) is 2.44. The van der Waals surface area contributed by atoms with Gasteiger partial charge in [-0.1, -0.05) is 0 Å². The third kappa shape index (κ3) is 2.70. The molecule has 0 aliphatic carbocycles. The monoisotopic (exact) mass is 293 g/mol. The van der Waals surface area contributed by atoms with Crippen molar-refractivity contribution in [1.82, 2.24) is 4.90 Å². The predicted molar refractivity (Wildman–Crippen MR) is 82.3 cm³/mol. The highest BCUT2D eigenvalue weighted by molar-refractivity contribution is 5.80. The van der Waals surface area contributed by atoms with Crippen LogP contribution in [-0.2, 0) is 0 Å². The quantitative estimate of drug-likeness (QED) is 0.896. The molecule has 1 unspecified atom stereocenters. The molecule has 1 aromatic rings. The molecule has 0 saturated heterocycles. The Kier molecular flexibility index (Phi) is 4.45. The molecular weight excluding hydrogens is 270 g/mol. The van der Waals surface area contributed by atoms with E-state index in [-0.39, 0.29) is 12.1 Å². The van der Waals surface area contributed by atoms with Crippen molar-refractivity contribution in [3.05, 3.63) is 17.7 Å². The van der Waals surface area contributed by atoms with E-state index >= 15 is 0 Å². The van der Waals surface area contributed by atoms with Crippen molar-refractivity contribution in [2.24, 2.45) is 10.7 Å². The Bertz CT molecular complexity index is 518. The molecule has 0 radical (unpaired) electrons. The maximum absolute atomic E-state index is 5.99. The average Bonchev–Trinajstić information content (AvgIpc) is 2.87. The van der Waals surface area contributed by atoms with Gasteiger partial charge in [0.25, 0.3) is 0 Å². The number of rotatable bonds is 5. The van der Waals surface area contributed by atoms with Crippen LogP contribution in [0.25, 0.3) is 0 Å². The van der Waals surface area contributed by atoms with Crippen LogP contribution in [0, 0.1) is 0 Å². The van der Waals surface area contributed by atoms with Crippen LogP contribution in [0.5, 0.6) is 17.2 Å². The SMILES string of the molecule is COc1cc(C2CN=C(N)N2C(C)C)cc(OC)c1OC. The predicted octanol–water partition coefficient (Wildman–Crippen LogP) is 1.79. The normalized spacial score (nSPS) is 17.9. The van der Waals surface area contributed by atoms with E-state index < -0.39 is 0 Å². The van der Waals surface area contributed by atoms with Gasteiger partial charge in [0.15, 0.2) is 17.5 Å². The summed E-state index contributed by atoms with van der Waals surface area (Å²) >= 11 is 0. The van der Waals surface area contributed by atoms with Crippen molar-refractivity contribution in [2.45, 2.75) is 25.9 Å². The van der Waals surface area contributed by atoms with Gasteiger partial charge in [-0.15, -0.1) is 0 Å². The topological polar surface area (TPSA) is 69.3 Å². The van der Waals surface area contributed by atoms with Gasteiger partial charge in [-0.05, 0) is 31.5 Å². The standard InChI is InChI=1S/C15H23N3O3/c1-9(2)18-11(8-17-15(18)16)10-6-12(19-3)14(21-5)13(7-10)20-4/h6-7,9,11H,8H2,1-5H3,(H2,16,17). The molecule has 0 spiro atoms. The van der Waals surface area contributed by atoms with Crippen molar-refractivity contribution >= 4 is 5.96 Å². The molecule has 2 rings (SSSR count). The van der Waals surface area contributed by atoms with Crippen LogP contribution in [0.4, 0.5) is 0 Å². The molecule has 0 bridgehead atoms. The van der Waals surface area contributed by atoms with E-state index in [2.05, 4.69) is 23.7 Å². The zero-order valence-corrected chi connectivity index (χ0v) is 13.2. The molecule has 1 aromatic carbocycles. The van der Waals surface area contributed by atoms with Gasteiger partial charge in [0.05, 0.1) is 33.9 Å². The lowest BCUT2D eigenvalue weighted by Gasteiger charge is -2.30. The van der Waals surface area contributed by atoms with Gasteiger partial charge < -0.3 is 24.8 Å². The fraction of sp³-hybridized carbons (Fsp3) is 0.533. The van der Waals surface area contributed by atoms with Crippen molar-refractivity contribution in [3.63, 3.8) is 0 Å². The molecule has 1 aliphatic heterocycles. The average molecular weight is 293 g/mol. The highest BCUT2D eigenvalue weighted by atomic mass is 16.5. The van der Waals surface area contributed by atoms with Crippen LogP contribution < -0.4 is 19.9 Å². The maximum atomic E-state index is 5.99. The van der Waals surface area contributed by atoms with E-state index in [4.69, 9.17) is 19.9 Å². The van der Waals surface area contributed by atoms with Crippen LogP contribution in [0.2, 0.25) is 0 Å². The minimum Gasteiger partial charge on any atom is -0.493 e. The number of nitrogens with zero attached hydrogens (tertiary/aromatic N) is 2. The van der Waals surface area contributed by atoms with Gasteiger partial charge in [-0.2, -0.15) is 0 Å². The summed E-state index contributed by atoms with van der Waals surface area (Å²) in [4.78, 5) is 6.46. The minimum atomic E-state index is 0.0821. The molecule has 0 aromatic heterocycles. The summed E-state index contributed by atoms with van der Waals surface area (Å²) in [5.41, 5.74) is 7.04. The number of ether oxygens (including phenoxy) is 3. The lowest BCUT2D eigenvalue weighted by atomic mass is 10.0. The lowest BCUT2D eigenvalue weighted by molar-refractivity contribution is 0.285. The van der Waals surface area contributed by atoms with Crippen molar-refractivity contribution in [3.8, 4) is 17.2 Å². The molecular formula is C15H23N3O3. The van der Waals surface area contributed by atoms with E-state index in [9.17, 15) is 0 Å². The van der Waals surface area contributed by atoms with Crippen molar-refractivity contribution in [2.75, 3.05) is 27.9 Å². The summed E-state index contributed by atoms with van der Waals surface area (Å²) in [6, 6.07) is 4.25. The number of hydrogen-bond donors (Lipinski definition) is 1. The fourth-order valence-corrected chi connectivity index (χ4v) is 2.69. The summed E-state index contributed by atoms with van der Waals surface area (Å²) in [6.45, 7) is 4.82. The first-order valence-corrected chi connectivity index (χ1v) is 6.91. The highest BCUT2D eigenvalue weighted by Crippen LogP contribution is 2.41. The van der Waals surface area contributed by atoms with Crippen molar-refractivity contribution < 1.29 is 14.2 Å². The first-order valence-electron chi connectivity index (χ1n) is 6.91. The van der Waals surface area contributed by atoms with Crippen LogP contribution in [0.15, 0.2) is 17.1 Å². The van der Waals surface area contributed by atoms with Gasteiger partial charge in [-0.25, -0.2) is 0 Å². The maximum Gasteiger partial charge on any atom is 0.203 e. The molecule has 1 atom stereocenters. The Morgan fingerprint density at radius 2 is 1.71 bits per heavy atom. The van der Waals surface area contributed by atoms with E-state index in [1.54, 1.807) is 21.3 Å². The number of methoxy groups -OCH3 is 3. The van der Waals surface area contributed by atoms with Crippen LogP contribution >= 0.6 is 0 Å². The first kappa shape index (κ1) is 15.3. The number of benzene rings is 1. The van der Waals surface area contributed by atoms with Crippen LogP contribution in [0.3, 0.4) is 0 Å². The second kappa shape index (κ2) is 6.11. The molecule has 1 heterocycles. The van der Waals surface area contributed by atoms with E-state index in [0.717, 1.165) is 5.56 Å². The lowest BCUT2D eigenvalue weighted by Crippen LogP contribution is -2.40. The van der Waals surface area contributed by atoms with Gasteiger partial charge in [0.1, 0.15) is 0 Å². The Balaban J connectivity index is 2.45. The third-order valence-corrected chi connectivity index (χ3v) is 3.65. The molecule has 6 nitrogen and oxygen atoms in total. The first-order chi connectivity index (χ1) is 10.0. The minimum absolute atomic E-state index is 0.0821. The Morgan fingerprint density at radius 3 is 2.14 bits per heavy atom. The Hall–Kier alpha value is -2.11. The second-order valence-electron chi connectivity index (χ2n) is 5.17. The summed E-state index contributed by atoms with van der Waals surface area (Å²) in [7, 11) is 4.82. The largest absolute Gasteiger partial charge is 0.493 e. The fourth-order valence-electron chi connectivity index (χ4n) is 2.69. The molecule has 0 saturated carbocycles. The molecule has 0 fully saturated rings. The van der Waals surface area contributed by atoms with Gasteiger partial charge >= 0.3 is 0 Å². The molecule has 6 heteroatoms. The Labute approximate surface area is 125 Å². The summed E-state index contributed by atoms with van der Waals surface area (Å²) in [5, 5.41) is 0. The summed E-state index contributed by atoms with van der Waals surface area (Å²) in [6.07, 6.45) is 0. The summed E-state index contributed by atoms with van der Waals surface area (Å²) < 4.78 is 16.2. The van der Waals surface area contributed by atoms with E-state index in [1.165, 1.54) is 0 Å². The Morgan fingerprint density at radius 1 is 1.14 bits per heavy atom. The van der Waals surface area contributed by atoms with E-state index in [0.29, 0.717) is 29.8 Å². The molecule has 2 N–H and O–H groups in total. The van der Waals surface area contributed by atoms with E-state index in [1.807, 2.05) is 12.1 Å². The second-order valence-corrected chi connectivity index (χ2v) is 5.17. The third-order valence-electron chi connectivity index (χ3n) is 3.65. The number of guanidine groups is 1. The highest BCUT2D eigenvalue weighted by Gasteiger charge is 2.31. The zero-order chi connectivity index (χ0) is 15.6. The zero-order valence-electron chi connectivity index (χ0n) is 13.2. The van der Waals surface area contributed by atoms with Crippen molar-refractivity contribution in [1.29, 1.82) is 0 Å². The van der Waals surface area contributed by atoms with Gasteiger partial charge in [-0.3, -0.25) is 4.99 Å². The molecule has 1 aliphatic rings. The molecule has 116 valence electrons. The molecule has 0 amide bonds. The van der Waals surface area contributed by atoms with Crippen LogP contribution in [0.1, 0.15) is 25.5 Å². The van der Waals surface area contributed by atoms with Gasteiger partial charge in [0, 0.05) is 6.04 Å². The van der Waals surface area contributed by atoms with Crippen LogP contribution in [-0.4, -0.2) is 44.8 Å².